The van der Waals surface area contributed by atoms with E-state index in [4.69, 9.17) is 21.6 Å². The molecule has 3 heterocycles. The number of hydrogen-bond acceptors (Lipinski definition) is 6. The van der Waals surface area contributed by atoms with Gasteiger partial charge in [-0.05, 0) is 50.2 Å². The first-order valence-corrected chi connectivity index (χ1v) is 10.1. The van der Waals surface area contributed by atoms with Crippen LogP contribution in [0.2, 0.25) is 5.02 Å². The van der Waals surface area contributed by atoms with E-state index in [9.17, 15) is 0 Å². The van der Waals surface area contributed by atoms with Gasteiger partial charge in [-0.25, -0.2) is 4.98 Å². The fourth-order valence-electron chi connectivity index (χ4n) is 3.32. The van der Waals surface area contributed by atoms with Crippen molar-refractivity contribution in [1.82, 2.24) is 30.4 Å². The van der Waals surface area contributed by atoms with Gasteiger partial charge in [-0.1, -0.05) is 23.7 Å². The molecule has 0 saturated heterocycles. The van der Waals surface area contributed by atoms with E-state index in [1.54, 1.807) is 0 Å². The third kappa shape index (κ3) is 3.80. The van der Waals surface area contributed by atoms with Crippen molar-refractivity contribution < 1.29 is 0 Å². The second-order valence-electron chi connectivity index (χ2n) is 7.17. The summed E-state index contributed by atoms with van der Waals surface area (Å²) in [5.41, 5.74) is 3.51. The minimum absolute atomic E-state index is 0.459. The van der Waals surface area contributed by atoms with Gasteiger partial charge in [0.1, 0.15) is 0 Å². The molecule has 0 aliphatic carbocycles. The number of aromatic nitrogens is 6. The van der Waals surface area contributed by atoms with E-state index in [0.29, 0.717) is 28.4 Å². The van der Waals surface area contributed by atoms with Gasteiger partial charge in [0.2, 0.25) is 5.95 Å². The SMILES string of the molecule is Cc1cc(N(c2cc(C)[nH]n2)c2nc(Nc3ccc(Cl)cc3)nc3ccccc23)n[nH]1. The lowest BCUT2D eigenvalue weighted by Gasteiger charge is -2.21. The molecule has 9 heteroatoms. The molecule has 3 N–H and O–H groups in total. The van der Waals surface area contributed by atoms with Crippen molar-refractivity contribution >= 4 is 51.6 Å². The summed E-state index contributed by atoms with van der Waals surface area (Å²) in [6, 6.07) is 19.2. The quantitative estimate of drug-likeness (QED) is 0.337. The maximum absolute atomic E-state index is 6.01. The van der Waals surface area contributed by atoms with Crippen molar-refractivity contribution in [3.05, 3.63) is 77.1 Å². The average Bonchev–Trinajstić information content (AvgIpc) is 3.38. The summed E-state index contributed by atoms with van der Waals surface area (Å²) in [6.45, 7) is 3.91. The Morgan fingerprint density at radius 3 is 2.10 bits per heavy atom. The summed E-state index contributed by atoms with van der Waals surface area (Å²) in [5.74, 6) is 2.50. The van der Waals surface area contributed by atoms with Gasteiger partial charge < -0.3 is 5.32 Å². The van der Waals surface area contributed by atoms with Crippen LogP contribution in [0.5, 0.6) is 0 Å². The zero-order chi connectivity index (χ0) is 21.4. The van der Waals surface area contributed by atoms with E-state index < -0.39 is 0 Å². The van der Waals surface area contributed by atoms with E-state index in [1.807, 2.05) is 79.4 Å². The van der Waals surface area contributed by atoms with Gasteiger partial charge in [-0.15, -0.1) is 0 Å². The second kappa shape index (κ2) is 7.73. The Kier molecular flexibility index (Phi) is 4.76. The number of aromatic amines is 2. The van der Waals surface area contributed by atoms with Crippen molar-refractivity contribution in [2.24, 2.45) is 0 Å². The van der Waals surface area contributed by atoms with E-state index in [0.717, 1.165) is 28.0 Å². The lowest BCUT2D eigenvalue weighted by Crippen LogP contribution is -2.14. The smallest absolute Gasteiger partial charge is 0.229 e. The highest BCUT2D eigenvalue weighted by atomic mass is 35.5. The zero-order valence-electron chi connectivity index (χ0n) is 16.9. The average molecular weight is 431 g/mol. The van der Waals surface area contributed by atoms with Gasteiger partial charge in [-0.3, -0.25) is 15.1 Å². The number of benzene rings is 2. The van der Waals surface area contributed by atoms with Crippen LogP contribution < -0.4 is 10.2 Å². The van der Waals surface area contributed by atoms with Crippen LogP contribution in [0, 0.1) is 13.8 Å². The summed E-state index contributed by atoms with van der Waals surface area (Å²) >= 11 is 6.01. The number of H-pyrrole nitrogens is 2. The number of nitrogens with one attached hydrogen (secondary N) is 3. The topological polar surface area (TPSA) is 98.4 Å². The molecule has 0 radical (unpaired) electrons. The number of rotatable bonds is 5. The van der Waals surface area contributed by atoms with Crippen LogP contribution in [0.1, 0.15) is 11.4 Å². The van der Waals surface area contributed by atoms with Crippen LogP contribution in [0.15, 0.2) is 60.7 Å². The number of hydrogen-bond donors (Lipinski definition) is 3. The molecule has 0 fully saturated rings. The number of fused-ring (bicyclic) bond motifs is 1. The predicted molar refractivity (Wildman–Crippen MR) is 123 cm³/mol. The highest BCUT2D eigenvalue weighted by Gasteiger charge is 2.22. The van der Waals surface area contributed by atoms with Crippen LogP contribution in [-0.4, -0.2) is 30.4 Å². The molecule has 8 nitrogen and oxygen atoms in total. The van der Waals surface area contributed by atoms with E-state index in [1.165, 1.54) is 0 Å². The number of halogens is 1. The third-order valence-electron chi connectivity index (χ3n) is 4.74. The first-order valence-electron chi connectivity index (χ1n) is 9.70. The Morgan fingerprint density at radius 2 is 1.48 bits per heavy atom. The molecular weight excluding hydrogens is 412 g/mol. The number of para-hydroxylation sites is 1. The molecule has 0 atom stereocenters. The lowest BCUT2D eigenvalue weighted by atomic mass is 10.2. The second-order valence-corrected chi connectivity index (χ2v) is 7.61. The maximum atomic E-state index is 6.01. The largest absolute Gasteiger partial charge is 0.324 e. The monoisotopic (exact) mass is 430 g/mol. The molecule has 0 spiro atoms. The van der Waals surface area contributed by atoms with Crippen molar-refractivity contribution in [3.63, 3.8) is 0 Å². The predicted octanol–water partition coefficient (Wildman–Crippen LogP) is 5.56. The summed E-state index contributed by atoms with van der Waals surface area (Å²) < 4.78 is 0. The molecule has 0 aliphatic rings. The molecule has 31 heavy (non-hydrogen) atoms. The van der Waals surface area contributed by atoms with Crippen LogP contribution in [0.4, 0.5) is 29.1 Å². The highest BCUT2D eigenvalue weighted by Crippen LogP contribution is 2.36. The van der Waals surface area contributed by atoms with Crippen molar-refractivity contribution in [1.29, 1.82) is 0 Å². The standard InChI is InChI=1S/C22H19ClN8/c1-13-11-19(29-27-13)31(20-12-14(2)28-30-20)21-17-5-3-4-6-18(17)25-22(26-21)24-16-9-7-15(23)8-10-16/h3-12H,1-2H3,(H,27,29)(H,28,30)(H,24,25,26). The fourth-order valence-corrected chi connectivity index (χ4v) is 3.45. The van der Waals surface area contributed by atoms with Gasteiger partial charge >= 0.3 is 0 Å². The van der Waals surface area contributed by atoms with E-state index in [2.05, 4.69) is 25.7 Å². The van der Waals surface area contributed by atoms with Crippen LogP contribution in [0.3, 0.4) is 0 Å². The van der Waals surface area contributed by atoms with Crippen molar-refractivity contribution in [2.45, 2.75) is 13.8 Å². The molecular formula is C22H19ClN8. The Hall–Kier alpha value is -3.91. The third-order valence-corrected chi connectivity index (χ3v) is 4.99. The Bertz CT molecular complexity index is 1320. The first kappa shape index (κ1) is 19.1. The number of nitrogens with zero attached hydrogens (tertiary/aromatic N) is 5. The molecule has 5 rings (SSSR count). The summed E-state index contributed by atoms with van der Waals surface area (Å²) in [5, 5.41) is 19.7. The van der Waals surface area contributed by atoms with Crippen LogP contribution in [-0.2, 0) is 0 Å². The van der Waals surface area contributed by atoms with Gasteiger partial charge in [0, 0.05) is 39.6 Å². The molecule has 0 saturated carbocycles. The molecule has 3 aromatic heterocycles. The normalized spacial score (nSPS) is 11.1. The summed E-state index contributed by atoms with van der Waals surface area (Å²) in [6.07, 6.45) is 0. The Balaban J connectivity index is 1.69. The first-order chi connectivity index (χ1) is 15.1. The molecule has 5 aromatic rings. The molecule has 0 aliphatic heterocycles. The maximum Gasteiger partial charge on any atom is 0.229 e. The number of aryl methyl sites for hydroxylation is 2. The highest BCUT2D eigenvalue weighted by molar-refractivity contribution is 6.30. The van der Waals surface area contributed by atoms with Gasteiger partial charge in [0.05, 0.1) is 5.52 Å². The van der Waals surface area contributed by atoms with Gasteiger partial charge in [0.15, 0.2) is 17.5 Å². The fraction of sp³-hybridized carbons (Fsp3) is 0.0909. The van der Waals surface area contributed by atoms with Crippen molar-refractivity contribution in [2.75, 3.05) is 10.2 Å². The van der Waals surface area contributed by atoms with Crippen LogP contribution in [0.25, 0.3) is 10.9 Å². The summed E-state index contributed by atoms with van der Waals surface area (Å²) in [4.78, 5) is 11.5. The van der Waals surface area contributed by atoms with Crippen molar-refractivity contribution in [3.8, 4) is 0 Å². The Morgan fingerprint density at radius 1 is 0.839 bits per heavy atom. The minimum Gasteiger partial charge on any atom is -0.324 e. The molecule has 0 bridgehead atoms. The molecule has 2 aromatic carbocycles. The van der Waals surface area contributed by atoms with Gasteiger partial charge in [0.25, 0.3) is 0 Å². The van der Waals surface area contributed by atoms with Gasteiger partial charge in [-0.2, -0.15) is 15.2 Å². The number of anilines is 5. The van der Waals surface area contributed by atoms with Crippen LogP contribution >= 0.6 is 11.6 Å². The van der Waals surface area contributed by atoms with E-state index in [-0.39, 0.29) is 0 Å². The lowest BCUT2D eigenvalue weighted by molar-refractivity contribution is 0.990. The zero-order valence-corrected chi connectivity index (χ0v) is 17.6. The van der Waals surface area contributed by atoms with E-state index >= 15 is 0 Å². The molecule has 0 unspecified atom stereocenters. The molecule has 154 valence electrons. The minimum atomic E-state index is 0.459. The molecule has 0 amide bonds. The Labute approximate surface area is 183 Å². The summed E-state index contributed by atoms with van der Waals surface area (Å²) in [7, 11) is 0.